The Morgan fingerprint density at radius 3 is 2.43 bits per heavy atom. The SMILES string of the molecule is CCC1(S(=O)(=O)c2cccc(C(F)(F)F)c2)CCOC(c2nc(C(F)(F)F)no2)C1. The molecule has 0 bridgehead atoms. The van der Waals surface area contributed by atoms with Crippen molar-refractivity contribution < 1.29 is 44.0 Å². The molecule has 2 atom stereocenters. The minimum Gasteiger partial charge on any atom is -0.368 e. The van der Waals surface area contributed by atoms with Crippen molar-refractivity contribution in [3.63, 3.8) is 0 Å². The van der Waals surface area contributed by atoms with Gasteiger partial charge >= 0.3 is 12.4 Å². The molecular formula is C17H16F6N2O4S. The Bertz CT molecular complexity index is 1020. The van der Waals surface area contributed by atoms with Crippen molar-refractivity contribution in [3.8, 4) is 0 Å². The predicted octanol–water partition coefficient (Wildman–Crippen LogP) is 4.58. The molecule has 2 aromatic rings. The first kappa shape index (κ1) is 22.5. The topological polar surface area (TPSA) is 82.3 Å². The molecular weight excluding hydrogens is 442 g/mol. The summed E-state index contributed by atoms with van der Waals surface area (Å²) in [7, 11) is -4.31. The molecule has 2 heterocycles. The zero-order chi connectivity index (χ0) is 22.4. The summed E-state index contributed by atoms with van der Waals surface area (Å²) in [5, 5.41) is 2.83. The molecule has 0 spiro atoms. The van der Waals surface area contributed by atoms with Crippen LogP contribution in [0.1, 0.15) is 49.6 Å². The molecule has 1 fully saturated rings. The number of rotatable bonds is 4. The number of hydrogen-bond acceptors (Lipinski definition) is 6. The van der Waals surface area contributed by atoms with Crippen molar-refractivity contribution in [3.05, 3.63) is 41.5 Å². The second kappa shape index (κ2) is 7.52. The van der Waals surface area contributed by atoms with Crippen LogP contribution in [0.2, 0.25) is 0 Å². The fourth-order valence-electron chi connectivity index (χ4n) is 3.37. The largest absolute Gasteiger partial charge is 0.455 e. The maximum atomic E-state index is 13.3. The maximum absolute atomic E-state index is 13.3. The highest BCUT2D eigenvalue weighted by Crippen LogP contribution is 2.45. The summed E-state index contributed by atoms with van der Waals surface area (Å²) in [5.41, 5.74) is -1.12. The second-order valence-corrected chi connectivity index (χ2v) is 9.18. The number of sulfone groups is 1. The van der Waals surface area contributed by atoms with Crippen LogP contribution in [0, 0.1) is 0 Å². The minimum atomic E-state index is -4.86. The summed E-state index contributed by atoms with van der Waals surface area (Å²) in [6.45, 7) is 1.36. The van der Waals surface area contributed by atoms with E-state index in [2.05, 4.69) is 14.7 Å². The molecule has 0 N–H and O–H groups in total. The second-order valence-electron chi connectivity index (χ2n) is 6.83. The quantitative estimate of drug-likeness (QED) is 0.624. The van der Waals surface area contributed by atoms with Gasteiger partial charge in [-0.2, -0.15) is 31.3 Å². The standard InChI is InChI=1S/C17H16F6N2O4S/c1-2-15(30(26,27)11-5-3-4-10(8-11)16(18,19)20)6-7-28-12(9-15)13-24-14(25-29-13)17(21,22)23/h3-5,8,12H,2,6-7,9H2,1H3. The van der Waals surface area contributed by atoms with E-state index in [1.807, 2.05) is 0 Å². The molecule has 13 heteroatoms. The molecule has 1 aliphatic heterocycles. The monoisotopic (exact) mass is 458 g/mol. The van der Waals surface area contributed by atoms with Crippen LogP contribution in [0.25, 0.3) is 0 Å². The van der Waals surface area contributed by atoms with Gasteiger partial charge in [0.2, 0.25) is 0 Å². The zero-order valence-electron chi connectivity index (χ0n) is 15.4. The van der Waals surface area contributed by atoms with Gasteiger partial charge in [-0.15, -0.1) is 0 Å². The molecule has 3 rings (SSSR count). The van der Waals surface area contributed by atoms with E-state index in [1.54, 1.807) is 0 Å². The van der Waals surface area contributed by atoms with Gasteiger partial charge in [0, 0.05) is 13.0 Å². The molecule has 166 valence electrons. The van der Waals surface area contributed by atoms with Crippen molar-refractivity contribution in [2.45, 2.75) is 54.3 Å². The van der Waals surface area contributed by atoms with Crippen molar-refractivity contribution >= 4 is 9.84 Å². The van der Waals surface area contributed by atoms with E-state index < -0.39 is 55.2 Å². The predicted molar refractivity (Wildman–Crippen MR) is 88.9 cm³/mol. The van der Waals surface area contributed by atoms with Gasteiger partial charge in [0.05, 0.1) is 15.2 Å². The molecule has 30 heavy (non-hydrogen) atoms. The van der Waals surface area contributed by atoms with E-state index in [4.69, 9.17) is 4.74 Å². The minimum absolute atomic E-state index is 0.00823. The van der Waals surface area contributed by atoms with Crippen LogP contribution in [0.5, 0.6) is 0 Å². The number of benzene rings is 1. The average molecular weight is 458 g/mol. The van der Waals surface area contributed by atoms with E-state index in [1.165, 1.54) is 6.92 Å². The zero-order valence-corrected chi connectivity index (χ0v) is 16.2. The number of ether oxygens (including phenoxy) is 1. The molecule has 2 unspecified atom stereocenters. The summed E-state index contributed by atoms with van der Waals surface area (Å²) in [5.74, 6) is -2.08. The highest BCUT2D eigenvalue weighted by Gasteiger charge is 2.49. The highest BCUT2D eigenvalue weighted by molar-refractivity contribution is 7.92. The third-order valence-corrected chi connectivity index (χ3v) is 7.77. The lowest BCUT2D eigenvalue weighted by molar-refractivity contribution is -0.146. The van der Waals surface area contributed by atoms with E-state index in [9.17, 15) is 34.8 Å². The number of nitrogens with zero attached hydrogens (tertiary/aromatic N) is 2. The van der Waals surface area contributed by atoms with Crippen LogP contribution in [0.4, 0.5) is 26.3 Å². The summed E-state index contributed by atoms with van der Waals surface area (Å²) >= 11 is 0. The first-order chi connectivity index (χ1) is 13.8. The molecule has 0 amide bonds. The molecule has 1 aliphatic rings. The maximum Gasteiger partial charge on any atom is 0.455 e. The van der Waals surface area contributed by atoms with Gasteiger partial charge in [0.25, 0.3) is 11.7 Å². The van der Waals surface area contributed by atoms with Crippen molar-refractivity contribution in [2.75, 3.05) is 6.61 Å². The summed E-state index contributed by atoms with van der Waals surface area (Å²) in [4.78, 5) is 2.71. The Morgan fingerprint density at radius 2 is 1.87 bits per heavy atom. The highest BCUT2D eigenvalue weighted by atomic mass is 32.2. The normalized spacial score (nSPS) is 23.5. The fourth-order valence-corrected chi connectivity index (χ4v) is 5.51. The van der Waals surface area contributed by atoms with Gasteiger partial charge in [0.15, 0.2) is 9.84 Å². The third kappa shape index (κ3) is 4.04. The Hall–Kier alpha value is -2.15. The Kier molecular flexibility index (Phi) is 5.65. The van der Waals surface area contributed by atoms with Crippen molar-refractivity contribution in [2.24, 2.45) is 0 Å². The molecule has 0 aliphatic carbocycles. The summed E-state index contributed by atoms with van der Waals surface area (Å²) < 4.78 is 112. The van der Waals surface area contributed by atoms with E-state index in [0.717, 1.165) is 18.2 Å². The third-order valence-electron chi connectivity index (χ3n) is 5.09. The first-order valence-corrected chi connectivity index (χ1v) is 10.2. The van der Waals surface area contributed by atoms with Crippen molar-refractivity contribution in [1.29, 1.82) is 0 Å². The van der Waals surface area contributed by atoms with Gasteiger partial charge < -0.3 is 9.26 Å². The summed E-state index contributed by atoms with van der Waals surface area (Å²) in [6.07, 6.45) is -11.3. The van der Waals surface area contributed by atoms with E-state index in [-0.39, 0.29) is 25.9 Å². The fraction of sp³-hybridized carbons (Fsp3) is 0.529. The molecule has 1 aromatic heterocycles. The molecule has 1 aromatic carbocycles. The molecule has 1 saturated heterocycles. The first-order valence-electron chi connectivity index (χ1n) is 8.74. The lowest BCUT2D eigenvalue weighted by atomic mass is 9.92. The summed E-state index contributed by atoms with van der Waals surface area (Å²) in [6, 6.07) is 3.34. The van der Waals surface area contributed by atoms with Crippen LogP contribution in [0.3, 0.4) is 0 Å². The Balaban J connectivity index is 1.97. The van der Waals surface area contributed by atoms with Gasteiger partial charge in [-0.25, -0.2) is 8.42 Å². The van der Waals surface area contributed by atoms with Crippen LogP contribution in [0.15, 0.2) is 33.7 Å². The van der Waals surface area contributed by atoms with Gasteiger partial charge in [-0.05, 0) is 31.0 Å². The van der Waals surface area contributed by atoms with Crippen LogP contribution in [-0.4, -0.2) is 29.9 Å². The van der Waals surface area contributed by atoms with Gasteiger partial charge in [-0.3, -0.25) is 0 Å². The molecule has 0 saturated carbocycles. The van der Waals surface area contributed by atoms with E-state index in [0.29, 0.717) is 6.07 Å². The average Bonchev–Trinajstić information content (AvgIpc) is 3.18. The number of hydrogen-bond donors (Lipinski definition) is 0. The number of halogens is 6. The van der Waals surface area contributed by atoms with Crippen LogP contribution in [-0.2, 0) is 26.9 Å². The molecule has 0 radical (unpaired) electrons. The molecule has 6 nitrogen and oxygen atoms in total. The van der Waals surface area contributed by atoms with Crippen molar-refractivity contribution in [1.82, 2.24) is 10.1 Å². The Labute approximate surface area is 167 Å². The smallest absolute Gasteiger partial charge is 0.368 e. The number of alkyl halides is 6. The van der Waals surface area contributed by atoms with Crippen LogP contribution < -0.4 is 0 Å². The van der Waals surface area contributed by atoms with Gasteiger partial charge in [-0.1, -0.05) is 18.1 Å². The Morgan fingerprint density at radius 1 is 1.17 bits per heavy atom. The lowest BCUT2D eigenvalue weighted by Crippen LogP contribution is -2.44. The van der Waals surface area contributed by atoms with E-state index >= 15 is 0 Å². The van der Waals surface area contributed by atoms with Crippen LogP contribution >= 0.6 is 0 Å². The lowest BCUT2D eigenvalue weighted by Gasteiger charge is -2.38. The van der Waals surface area contributed by atoms with Gasteiger partial charge in [0.1, 0.15) is 6.10 Å². The number of aromatic nitrogens is 2.